The summed E-state index contributed by atoms with van der Waals surface area (Å²) in [6, 6.07) is 16.7. The molecule has 3 heterocycles. The summed E-state index contributed by atoms with van der Waals surface area (Å²) in [5.74, 6) is 2.60. The molecule has 2 aromatic carbocycles. The van der Waals surface area contributed by atoms with Crippen molar-refractivity contribution >= 4 is 11.9 Å². The van der Waals surface area contributed by atoms with Gasteiger partial charge in [-0.25, -0.2) is 0 Å². The fourth-order valence-corrected chi connectivity index (χ4v) is 5.29. The van der Waals surface area contributed by atoms with E-state index in [0.717, 1.165) is 57.4 Å². The van der Waals surface area contributed by atoms with E-state index in [4.69, 9.17) is 14.0 Å². The number of anilines is 1. The standard InChI is InChI=1S/C28H34N4O4/c1-3-35-24-12-11-22(18-25(24)34-2)26-29-28(36-30-26)31-16-13-21(14-17-31)27(33)32-15-7-10-23(19-32)20-8-5-4-6-9-20/h4-6,8-9,11-12,18,21,23H,3,7,10,13-17,19H2,1-2H3. The number of carbonyl (C=O) groups excluding carboxylic acids is 1. The highest BCUT2D eigenvalue weighted by Crippen LogP contribution is 2.33. The molecule has 1 atom stereocenters. The van der Waals surface area contributed by atoms with Gasteiger partial charge in [-0.15, -0.1) is 0 Å². The van der Waals surface area contributed by atoms with Crippen molar-refractivity contribution in [2.45, 2.75) is 38.5 Å². The summed E-state index contributed by atoms with van der Waals surface area (Å²) in [7, 11) is 1.61. The largest absolute Gasteiger partial charge is 0.493 e. The number of hydrogen-bond acceptors (Lipinski definition) is 7. The zero-order chi connectivity index (χ0) is 24.9. The van der Waals surface area contributed by atoms with E-state index in [2.05, 4.69) is 44.2 Å². The van der Waals surface area contributed by atoms with E-state index in [1.54, 1.807) is 7.11 Å². The Morgan fingerprint density at radius 1 is 1.06 bits per heavy atom. The highest BCUT2D eigenvalue weighted by atomic mass is 16.5. The van der Waals surface area contributed by atoms with Gasteiger partial charge in [-0.3, -0.25) is 4.79 Å². The van der Waals surface area contributed by atoms with Crippen molar-refractivity contribution in [1.29, 1.82) is 0 Å². The maximum absolute atomic E-state index is 13.3. The van der Waals surface area contributed by atoms with Crippen molar-refractivity contribution in [3.63, 3.8) is 0 Å². The molecule has 8 heteroatoms. The molecular weight excluding hydrogens is 456 g/mol. The molecule has 8 nitrogen and oxygen atoms in total. The van der Waals surface area contributed by atoms with Crippen molar-refractivity contribution in [3.8, 4) is 22.9 Å². The Morgan fingerprint density at radius 2 is 1.86 bits per heavy atom. The summed E-state index contributed by atoms with van der Waals surface area (Å²) in [4.78, 5) is 22.1. The number of rotatable bonds is 7. The maximum Gasteiger partial charge on any atom is 0.324 e. The van der Waals surface area contributed by atoms with Crippen LogP contribution in [0, 0.1) is 5.92 Å². The van der Waals surface area contributed by atoms with Crippen LogP contribution in [-0.4, -0.2) is 60.8 Å². The second-order valence-corrected chi connectivity index (χ2v) is 9.49. The molecule has 0 N–H and O–H groups in total. The Labute approximate surface area is 212 Å². The average molecular weight is 491 g/mol. The zero-order valence-corrected chi connectivity index (χ0v) is 21.1. The molecule has 36 heavy (non-hydrogen) atoms. The minimum absolute atomic E-state index is 0.0496. The van der Waals surface area contributed by atoms with Gasteiger partial charge >= 0.3 is 6.01 Å². The van der Waals surface area contributed by atoms with Gasteiger partial charge in [0.05, 0.1) is 13.7 Å². The molecule has 1 unspecified atom stereocenters. The van der Waals surface area contributed by atoms with Crippen LogP contribution in [0.3, 0.4) is 0 Å². The Hall–Kier alpha value is -3.55. The number of methoxy groups -OCH3 is 1. The number of ether oxygens (including phenoxy) is 2. The number of nitrogens with zero attached hydrogens (tertiary/aromatic N) is 4. The molecular formula is C28H34N4O4. The number of benzene rings is 2. The third kappa shape index (κ3) is 5.17. The van der Waals surface area contributed by atoms with Crippen molar-refractivity contribution in [2.24, 2.45) is 5.92 Å². The molecule has 3 aromatic rings. The fraction of sp³-hybridized carbons (Fsp3) is 0.464. The number of likely N-dealkylation sites (tertiary alicyclic amines) is 1. The first-order valence-electron chi connectivity index (χ1n) is 12.9. The number of carbonyl (C=O) groups is 1. The molecule has 0 saturated carbocycles. The lowest BCUT2D eigenvalue weighted by Gasteiger charge is -2.37. The monoisotopic (exact) mass is 490 g/mol. The van der Waals surface area contributed by atoms with Gasteiger partial charge in [-0.2, -0.15) is 4.98 Å². The van der Waals surface area contributed by atoms with Gasteiger partial charge in [0, 0.05) is 43.6 Å². The third-order valence-corrected chi connectivity index (χ3v) is 7.26. The molecule has 2 aliphatic heterocycles. The van der Waals surface area contributed by atoms with Crippen molar-refractivity contribution in [3.05, 3.63) is 54.1 Å². The lowest BCUT2D eigenvalue weighted by atomic mass is 9.88. The van der Waals surface area contributed by atoms with E-state index in [1.165, 1.54) is 5.56 Å². The summed E-state index contributed by atoms with van der Waals surface area (Å²) >= 11 is 0. The Balaban J connectivity index is 1.18. The molecule has 190 valence electrons. The van der Waals surface area contributed by atoms with Crippen LogP contribution in [0.4, 0.5) is 6.01 Å². The Morgan fingerprint density at radius 3 is 2.61 bits per heavy atom. The van der Waals surface area contributed by atoms with Crippen LogP contribution < -0.4 is 14.4 Å². The summed E-state index contributed by atoms with van der Waals surface area (Å²) in [5.41, 5.74) is 2.13. The van der Waals surface area contributed by atoms with Crippen LogP contribution in [-0.2, 0) is 4.79 Å². The van der Waals surface area contributed by atoms with Crippen LogP contribution in [0.15, 0.2) is 53.1 Å². The predicted octanol–water partition coefficient (Wildman–Crippen LogP) is 4.77. The Kier molecular flexibility index (Phi) is 7.39. The van der Waals surface area contributed by atoms with Crippen LogP contribution in [0.25, 0.3) is 11.4 Å². The van der Waals surface area contributed by atoms with E-state index < -0.39 is 0 Å². The second kappa shape index (κ2) is 11.0. The van der Waals surface area contributed by atoms with E-state index in [0.29, 0.717) is 41.8 Å². The highest BCUT2D eigenvalue weighted by molar-refractivity contribution is 5.79. The topological polar surface area (TPSA) is 80.9 Å². The van der Waals surface area contributed by atoms with E-state index in [1.807, 2.05) is 31.2 Å². The molecule has 2 aliphatic rings. The van der Waals surface area contributed by atoms with Gasteiger partial charge in [0.1, 0.15) is 0 Å². The maximum atomic E-state index is 13.3. The van der Waals surface area contributed by atoms with Crippen LogP contribution >= 0.6 is 0 Å². The van der Waals surface area contributed by atoms with Crippen LogP contribution in [0.5, 0.6) is 11.5 Å². The smallest absolute Gasteiger partial charge is 0.324 e. The van der Waals surface area contributed by atoms with Gasteiger partial charge in [0.2, 0.25) is 11.7 Å². The lowest BCUT2D eigenvalue weighted by Crippen LogP contribution is -2.46. The molecule has 2 fully saturated rings. The van der Waals surface area contributed by atoms with Gasteiger partial charge in [-0.1, -0.05) is 35.5 Å². The minimum atomic E-state index is 0.0496. The normalized spacial score (nSPS) is 18.8. The Bertz CT molecular complexity index is 1160. The number of amides is 1. The van der Waals surface area contributed by atoms with E-state index in [9.17, 15) is 4.79 Å². The van der Waals surface area contributed by atoms with Crippen molar-refractivity contribution in [2.75, 3.05) is 44.8 Å². The first-order chi connectivity index (χ1) is 17.7. The second-order valence-electron chi connectivity index (χ2n) is 9.49. The quantitative estimate of drug-likeness (QED) is 0.472. The molecule has 0 spiro atoms. The van der Waals surface area contributed by atoms with Crippen molar-refractivity contribution in [1.82, 2.24) is 15.0 Å². The summed E-state index contributed by atoms with van der Waals surface area (Å²) in [6.45, 7) is 5.62. The molecule has 0 aliphatic carbocycles. The average Bonchev–Trinajstić information content (AvgIpc) is 3.44. The zero-order valence-electron chi connectivity index (χ0n) is 21.1. The van der Waals surface area contributed by atoms with E-state index in [-0.39, 0.29) is 5.92 Å². The fourth-order valence-electron chi connectivity index (χ4n) is 5.29. The number of piperidine rings is 2. The molecule has 1 aromatic heterocycles. The predicted molar refractivity (Wildman–Crippen MR) is 137 cm³/mol. The highest BCUT2D eigenvalue weighted by Gasteiger charge is 2.33. The summed E-state index contributed by atoms with van der Waals surface area (Å²) in [5, 5.41) is 4.18. The van der Waals surface area contributed by atoms with E-state index >= 15 is 0 Å². The number of aromatic nitrogens is 2. The van der Waals surface area contributed by atoms with Crippen LogP contribution in [0.1, 0.15) is 44.1 Å². The van der Waals surface area contributed by atoms with Gasteiger partial charge < -0.3 is 23.8 Å². The first kappa shape index (κ1) is 24.2. The van der Waals surface area contributed by atoms with Gasteiger partial charge in [0.25, 0.3) is 0 Å². The van der Waals surface area contributed by atoms with Gasteiger partial charge in [0.15, 0.2) is 11.5 Å². The lowest BCUT2D eigenvalue weighted by molar-refractivity contribution is -0.137. The molecule has 0 radical (unpaired) electrons. The number of hydrogen-bond donors (Lipinski definition) is 0. The molecule has 2 saturated heterocycles. The summed E-state index contributed by atoms with van der Waals surface area (Å²) < 4.78 is 16.6. The van der Waals surface area contributed by atoms with Gasteiger partial charge in [-0.05, 0) is 56.4 Å². The SMILES string of the molecule is CCOc1ccc(-c2noc(N3CCC(C(=O)N4CCCC(c5ccccc5)C4)CC3)n2)cc1OC. The molecule has 0 bridgehead atoms. The first-order valence-corrected chi connectivity index (χ1v) is 12.9. The third-order valence-electron chi connectivity index (χ3n) is 7.26. The summed E-state index contributed by atoms with van der Waals surface area (Å²) in [6.07, 6.45) is 3.79. The molecule has 1 amide bonds. The van der Waals surface area contributed by atoms with Crippen molar-refractivity contribution < 1.29 is 18.8 Å². The molecule has 5 rings (SSSR count). The van der Waals surface area contributed by atoms with Crippen LogP contribution in [0.2, 0.25) is 0 Å². The minimum Gasteiger partial charge on any atom is -0.493 e.